The molecular formula is C13H19N3O2. The molecule has 0 aliphatic heterocycles. The highest BCUT2D eigenvalue weighted by molar-refractivity contribution is 5.92. The number of hydrogen-bond acceptors (Lipinski definition) is 3. The minimum Gasteiger partial charge on any atom is -0.366 e. The van der Waals surface area contributed by atoms with Crippen molar-refractivity contribution >= 4 is 11.8 Å². The molecule has 5 nitrogen and oxygen atoms in total. The summed E-state index contributed by atoms with van der Waals surface area (Å²) >= 11 is 0. The first-order valence-electron chi connectivity index (χ1n) is 5.99. The van der Waals surface area contributed by atoms with Gasteiger partial charge < -0.3 is 16.8 Å². The minimum atomic E-state index is -0.434. The van der Waals surface area contributed by atoms with Crippen LogP contribution in [0.5, 0.6) is 0 Å². The Bertz CT molecular complexity index is 401. The van der Waals surface area contributed by atoms with Gasteiger partial charge in [-0.15, -0.1) is 0 Å². The van der Waals surface area contributed by atoms with Gasteiger partial charge in [-0.05, 0) is 37.1 Å². The molecule has 0 fully saturated rings. The zero-order valence-electron chi connectivity index (χ0n) is 10.3. The second-order valence-corrected chi connectivity index (χ2v) is 4.05. The largest absolute Gasteiger partial charge is 0.366 e. The molecule has 2 amide bonds. The van der Waals surface area contributed by atoms with Crippen LogP contribution in [0.4, 0.5) is 0 Å². The number of nitrogens with one attached hydrogen (secondary N) is 1. The van der Waals surface area contributed by atoms with Gasteiger partial charge in [-0.3, -0.25) is 9.59 Å². The first-order valence-corrected chi connectivity index (χ1v) is 5.99. The predicted octanol–water partition coefficient (Wildman–Crippen LogP) is 0.183. The van der Waals surface area contributed by atoms with Crippen molar-refractivity contribution in [2.75, 3.05) is 13.1 Å². The third kappa shape index (κ3) is 4.97. The van der Waals surface area contributed by atoms with Crippen LogP contribution in [-0.4, -0.2) is 24.9 Å². The van der Waals surface area contributed by atoms with Gasteiger partial charge in [-0.2, -0.15) is 0 Å². The summed E-state index contributed by atoms with van der Waals surface area (Å²) in [4.78, 5) is 22.2. The fourth-order valence-electron chi connectivity index (χ4n) is 1.53. The van der Waals surface area contributed by atoms with Gasteiger partial charge in [0.2, 0.25) is 11.8 Å². The van der Waals surface area contributed by atoms with Crippen molar-refractivity contribution in [3.05, 3.63) is 35.4 Å². The molecule has 0 saturated heterocycles. The van der Waals surface area contributed by atoms with Crippen molar-refractivity contribution in [1.29, 1.82) is 0 Å². The van der Waals surface area contributed by atoms with E-state index >= 15 is 0 Å². The Morgan fingerprint density at radius 2 is 1.83 bits per heavy atom. The summed E-state index contributed by atoms with van der Waals surface area (Å²) in [6.07, 6.45) is 1.91. The molecule has 1 rings (SSSR count). The zero-order valence-corrected chi connectivity index (χ0v) is 10.3. The molecule has 0 aromatic heterocycles. The van der Waals surface area contributed by atoms with Crippen LogP contribution < -0.4 is 16.8 Å². The molecule has 5 N–H and O–H groups in total. The fourth-order valence-corrected chi connectivity index (χ4v) is 1.53. The van der Waals surface area contributed by atoms with Crippen LogP contribution in [0.1, 0.15) is 28.8 Å². The third-order valence-corrected chi connectivity index (χ3v) is 2.58. The van der Waals surface area contributed by atoms with E-state index in [1.165, 1.54) is 0 Å². The van der Waals surface area contributed by atoms with Crippen LogP contribution >= 0.6 is 0 Å². The molecule has 98 valence electrons. The quantitative estimate of drug-likeness (QED) is 0.643. The maximum atomic E-state index is 11.3. The second kappa shape index (κ2) is 7.45. The average Bonchev–Trinajstić information content (AvgIpc) is 2.37. The number of benzene rings is 1. The Morgan fingerprint density at radius 1 is 1.17 bits per heavy atom. The molecule has 5 heteroatoms. The molecule has 0 aliphatic rings. The Labute approximate surface area is 107 Å². The lowest BCUT2D eigenvalue weighted by molar-refractivity contribution is -0.121. The Balaban J connectivity index is 2.31. The summed E-state index contributed by atoms with van der Waals surface area (Å²) in [7, 11) is 0. The highest BCUT2D eigenvalue weighted by Crippen LogP contribution is 2.04. The molecule has 0 bridgehead atoms. The van der Waals surface area contributed by atoms with Crippen LogP contribution in [0.3, 0.4) is 0 Å². The smallest absolute Gasteiger partial charge is 0.248 e. The monoisotopic (exact) mass is 249 g/mol. The molecular weight excluding hydrogens is 230 g/mol. The third-order valence-electron chi connectivity index (χ3n) is 2.58. The van der Waals surface area contributed by atoms with Crippen molar-refractivity contribution in [2.45, 2.75) is 19.3 Å². The van der Waals surface area contributed by atoms with E-state index in [-0.39, 0.29) is 5.91 Å². The molecule has 0 spiro atoms. The van der Waals surface area contributed by atoms with Gasteiger partial charge >= 0.3 is 0 Å². The van der Waals surface area contributed by atoms with Gasteiger partial charge in [-0.25, -0.2) is 0 Å². The summed E-state index contributed by atoms with van der Waals surface area (Å²) in [6.45, 7) is 1.11. The van der Waals surface area contributed by atoms with E-state index in [0.717, 1.165) is 12.0 Å². The predicted molar refractivity (Wildman–Crippen MR) is 70.0 cm³/mol. The van der Waals surface area contributed by atoms with Crippen LogP contribution in [0, 0.1) is 0 Å². The minimum absolute atomic E-state index is 0.0224. The molecule has 1 aromatic rings. The van der Waals surface area contributed by atoms with Crippen molar-refractivity contribution in [2.24, 2.45) is 11.5 Å². The summed E-state index contributed by atoms with van der Waals surface area (Å²) < 4.78 is 0. The number of primary amides is 1. The number of nitrogens with two attached hydrogens (primary N) is 2. The Hall–Kier alpha value is -1.88. The van der Waals surface area contributed by atoms with Gasteiger partial charge in [0, 0.05) is 18.5 Å². The maximum Gasteiger partial charge on any atom is 0.248 e. The highest BCUT2D eigenvalue weighted by Gasteiger charge is 2.01. The molecule has 0 saturated carbocycles. The Kier molecular flexibility index (Phi) is 5.87. The van der Waals surface area contributed by atoms with E-state index < -0.39 is 5.91 Å². The van der Waals surface area contributed by atoms with E-state index in [4.69, 9.17) is 11.5 Å². The van der Waals surface area contributed by atoms with Gasteiger partial charge in [-0.1, -0.05) is 12.1 Å². The van der Waals surface area contributed by atoms with E-state index in [0.29, 0.717) is 31.5 Å². The highest BCUT2D eigenvalue weighted by atomic mass is 16.1. The van der Waals surface area contributed by atoms with Crippen molar-refractivity contribution in [1.82, 2.24) is 5.32 Å². The van der Waals surface area contributed by atoms with Gasteiger partial charge in [0.25, 0.3) is 0 Å². The van der Waals surface area contributed by atoms with Crippen LogP contribution in [-0.2, 0) is 11.2 Å². The lowest BCUT2D eigenvalue weighted by Crippen LogP contribution is -2.26. The first kappa shape index (κ1) is 14.2. The van der Waals surface area contributed by atoms with Crippen LogP contribution in [0.15, 0.2) is 24.3 Å². The molecule has 0 heterocycles. The molecule has 1 aromatic carbocycles. The number of amides is 2. The standard InChI is InChI=1S/C13H19N3O2/c14-8-1-2-12(17)16-9-7-10-3-5-11(6-4-10)13(15)18/h3-6H,1-2,7-9,14H2,(H2,15,18)(H,16,17). The van der Waals surface area contributed by atoms with E-state index in [9.17, 15) is 9.59 Å². The molecule has 0 unspecified atom stereocenters. The summed E-state index contributed by atoms with van der Waals surface area (Å²) in [5.41, 5.74) is 12.0. The second-order valence-electron chi connectivity index (χ2n) is 4.05. The number of hydrogen-bond donors (Lipinski definition) is 3. The van der Waals surface area contributed by atoms with E-state index in [1.807, 2.05) is 12.1 Å². The summed E-state index contributed by atoms with van der Waals surface area (Å²) in [5.74, 6) is -0.411. The van der Waals surface area contributed by atoms with Crippen LogP contribution in [0.2, 0.25) is 0 Å². The Morgan fingerprint density at radius 3 is 2.39 bits per heavy atom. The molecule has 0 atom stereocenters. The summed E-state index contributed by atoms with van der Waals surface area (Å²) in [6, 6.07) is 7.06. The molecule has 18 heavy (non-hydrogen) atoms. The van der Waals surface area contributed by atoms with E-state index in [1.54, 1.807) is 12.1 Å². The van der Waals surface area contributed by atoms with Gasteiger partial charge in [0.15, 0.2) is 0 Å². The first-order chi connectivity index (χ1) is 8.63. The van der Waals surface area contributed by atoms with E-state index in [2.05, 4.69) is 5.32 Å². The fraction of sp³-hybridized carbons (Fsp3) is 0.385. The summed E-state index contributed by atoms with van der Waals surface area (Å²) in [5, 5.41) is 2.82. The van der Waals surface area contributed by atoms with Crippen LogP contribution in [0.25, 0.3) is 0 Å². The van der Waals surface area contributed by atoms with Gasteiger partial charge in [0.05, 0.1) is 0 Å². The average molecular weight is 249 g/mol. The number of carbonyl (C=O) groups is 2. The lowest BCUT2D eigenvalue weighted by Gasteiger charge is -2.05. The normalized spacial score (nSPS) is 10.1. The molecule has 0 aliphatic carbocycles. The number of carbonyl (C=O) groups excluding carboxylic acids is 2. The lowest BCUT2D eigenvalue weighted by atomic mass is 10.1. The molecule has 0 radical (unpaired) electrons. The van der Waals surface area contributed by atoms with Crippen molar-refractivity contribution in [3.8, 4) is 0 Å². The zero-order chi connectivity index (χ0) is 13.4. The van der Waals surface area contributed by atoms with Crippen molar-refractivity contribution in [3.63, 3.8) is 0 Å². The van der Waals surface area contributed by atoms with Crippen molar-refractivity contribution < 1.29 is 9.59 Å². The topological polar surface area (TPSA) is 98.2 Å². The van der Waals surface area contributed by atoms with Gasteiger partial charge in [0.1, 0.15) is 0 Å². The SMILES string of the molecule is NCCCC(=O)NCCc1ccc(C(N)=O)cc1. The number of rotatable bonds is 7. The maximum absolute atomic E-state index is 11.3.